The van der Waals surface area contributed by atoms with E-state index in [1.165, 1.54) is 24.3 Å². The van der Waals surface area contributed by atoms with E-state index in [0.717, 1.165) is 0 Å². The first kappa shape index (κ1) is 17.3. The molecule has 0 heterocycles. The number of hydrogen-bond acceptors (Lipinski definition) is 4. The quantitative estimate of drug-likeness (QED) is 0.771. The second-order valence-corrected chi connectivity index (χ2v) is 5.22. The van der Waals surface area contributed by atoms with Crippen molar-refractivity contribution in [1.29, 1.82) is 0 Å². The van der Waals surface area contributed by atoms with E-state index in [9.17, 15) is 9.59 Å². The van der Waals surface area contributed by atoms with E-state index in [2.05, 4.69) is 0 Å². The van der Waals surface area contributed by atoms with E-state index in [1.807, 2.05) is 6.92 Å². The zero-order valence-electron chi connectivity index (χ0n) is 13.1. The minimum Gasteiger partial charge on any atom is -0.493 e. The smallest absolute Gasteiger partial charge is 0.335 e. The number of rotatable bonds is 8. The van der Waals surface area contributed by atoms with Crippen LogP contribution in [-0.2, 0) is 0 Å². The van der Waals surface area contributed by atoms with Gasteiger partial charge in [-0.2, -0.15) is 0 Å². The summed E-state index contributed by atoms with van der Waals surface area (Å²) in [6.07, 6.45) is 0.514. The van der Waals surface area contributed by atoms with Crippen LogP contribution in [0.4, 0.5) is 0 Å². The molecule has 0 aliphatic carbocycles. The summed E-state index contributed by atoms with van der Waals surface area (Å²) >= 11 is 0. The van der Waals surface area contributed by atoms with E-state index in [1.54, 1.807) is 24.3 Å². The normalized spacial score (nSPS) is 11.5. The van der Waals surface area contributed by atoms with Gasteiger partial charge in [0.1, 0.15) is 11.5 Å². The highest BCUT2D eigenvalue weighted by atomic mass is 16.5. The van der Waals surface area contributed by atoms with Crippen LogP contribution in [0.3, 0.4) is 0 Å². The first-order valence-corrected chi connectivity index (χ1v) is 7.42. The lowest BCUT2D eigenvalue weighted by Gasteiger charge is -2.15. The Bertz CT molecular complexity index is 690. The Balaban J connectivity index is 1.77. The highest BCUT2D eigenvalue weighted by Gasteiger charge is 2.07. The number of aromatic carboxylic acids is 2. The van der Waals surface area contributed by atoms with Crippen LogP contribution in [0.1, 0.15) is 34.1 Å². The first-order chi connectivity index (χ1) is 11.5. The lowest BCUT2D eigenvalue weighted by atomic mass is 10.2. The molecule has 126 valence electrons. The molecule has 6 nitrogen and oxygen atoms in total. The van der Waals surface area contributed by atoms with E-state index >= 15 is 0 Å². The standard InChI is InChI=1S/C18H18O6/c1-12(24-16-8-4-14(5-9-16)18(21)22)10-11-23-15-6-2-13(3-7-15)17(19)20/h2-9,12H,10-11H2,1H3,(H,19,20)(H,21,22)/t12-/m1/s1. The molecule has 0 amide bonds. The molecule has 0 aromatic heterocycles. The van der Waals surface area contributed by atoms with Crippen molar-refractivity contribution in [3.05, 3.63) is 59.7 Å². The first-order valence-electron chi connectivity index (χ1n) is 7.42. The van der Waals surface area contributed by atoms with Gasteiger partial charge in [0.15, 0.2) is 0 Å². The molecule has 0 aliphatic rings. The molecule has 0 fully saturated rings. The molecule has 0 saturated carbocycles. The average Bonchev–Trinajstić information content (AvgIpc) is 2.55. The van der Waals surface area contributed by atoms with Gasteiger partial charge in [0.05, 0.1) is 23.8 Å². The molecular formula is C18H18O6. The van der Waals surface area contributed by atoms with Crippen LogP contribution in [0.5, 0.6) is 11.5 Å². The van der Waals surface area contributed by atoms with Crippen LogP contribution in [0.15, 0.2) is 48.5 Å². The second-order valence-electron chi connectivity index (χ2n) is 5.22. The molecule has 2 N–H and O–H groups in total. The maximum atomic E-state index is 10.8. The summed E-state index contributed by atoms with van der Waals surface area (Å²) in [5.74, 6) is -0.759. The van der Waals surface area contributed by atoms with Gasteiger partial charge in [0, 0.05) is 6.42 Å². The van der Waals surface area contributed by atoms with Gasteiger partial charge < -0.3 is 19.7 Å². The topological polar surface area (TPSA) is 93.1 Å². The van der Waals surface area contributed by atoms with Crippen LogP contribution in [-0.4, -0.2) is 34.9 Å². The number of benzene rings is 2. The van der Waals surface area contributed by atoms with Gasteiger partial charge in [0.2, 0.25) is 0 Å². The maximum Gasteiger partial charge on any atom is 0.335 e. The number of carbonyl (C=O) groups is 2. The molecule has 2 aromatic rings. The van der Waals surface area contributed by atoms with Gasteiger partial charge in [0.25, 0.3) is 0 Å². The number of carboxylic acids is 2. The van der Waals surface area contributed by atoms with E-state index in [0.29, 0.717) is 24.5 Å². The molecule has 0 spiro atoms. The van der Waals surface area contributed by atoms with Crippen molar-refractivity contribution in [2.75, 3.05) is 6.61 Å². The molecule has 2 aromatic carbocycles. The Morgan fingerprint density at radius 3 is 1.79 bits per heavy atom. The summed E-state index contributed by atoms with van der Waals surface area (Å²) in [5.41, 5.74) is 0.423. The third kappa shape index (κ3) is 5.01. The molecule has 24 heavy (non-hydrogen) atoms. The minimum absolute atomic E-state index is 0.112. The zero-order chi connectivity index (χ0) is 17.5. The van der Waals surface area contributed by atoms with Gasteiger partial charge in [-0.05, 0) is 55.5 Å². The Morgan fingerprint density at radius 1 is 0.875 bits per heavy atom. The van der Waals surface area contributed by atoms with Crippen LogP contribution in [0.2, 0.25) is 0 Å². The average molecular weight is 330 g/mol. The summed E-state index contributed by atoms with van der Waals surface area (Å²) in [4.78, 5) is 21.5. The second kappa shape index (κ2) is 8.01. The molecule has 2 rings (SSSR count). The highest BCUT2D eigenvalue weighted by molar-refractivity contribution is 5.88. The molecule has 0 bridgehead atoms. The number of carboxylic acid groups (broad SMARTS) is 2. The molecule has 1 atom stereocenters. The van der Waals surface area contributed by atoms with Crippen molar-refractivity contribution < 1.29 is 29.3 Å². The van der Waals surface area contributed by atoms with Crippen LogP contribution < -0.4 is 9.47 Å². The van der Waals surface area contributed by atoms with Crippen LogP contribution in [0.25, 0.3) is 0 Å². The van der Waals surface area contributed by atoms with E-state index in [-0.39, 0.29) is 17.2 Å². The Hall–Kier alpha value is -3.02. The van der Waals surface area contributed by atoms with Crippen molar-refractivity contribution in [1.82, 2.24) is 0 Å². The summed E-state index contributed by atoms with van der Waals surface area (Å²) in [5, 5.41) is 17.7. The molecule has 0 saturated heterocycles. The SMILES string of the molecule is C[C@H](CCOc1ccc(C(=O)O)cc1)Oc1ccc(C(=O)O)cc1. The lowest BCUT2D eigenvalue weighted by molar-refractivity contribution is 0.0686. The van der Waals surface area contributed by atoms with Gasteiger partial charge in [-0.25, -0.2) is 9.59 Å². The van der Waals surface area contributed by atoms with Gasteiger partial charge in [-0.15, -0.1) is 0 Å². The summed E-state index contributed by atoms with van der Waals surface area (Å²) < 4.78 is 11.2. The van der Waals surface area contributed by atoms with Gasteiger partial charge in [-0.1, -0.05) is 0 Å². The van der Waals surface area contributed by atoms with Crippen molar-refractivity contribution in [3.8, 4) is 11.5 Å². The minimum atomic E-state index is -0.975. The lowest BCUT2D eigenvalue weighted by Crippen LogP contribution is -2.16. The van der Waals surface area contributed by atoms with Gasteiger partial charge in [-0.3, -0.25) is 0 Å². The molecule has 6 heteroatoms. The van der Waals surface area contributed by atoms with Gasteiger partial charge >= 0.3 is 11.9 Å². The predicted molar refractivity (Wildman–Crippen MR) is 87.0 cm³/mol. The predicted octanol–water partition coefficient (Wildman–Crippen LogP) is 3.32. The van der Waals surface area contributed by atoms with Crippen molar-refractivity contribution in [2.24, 2.45) is 0 Å². The fourth-order valence-electron chi connectivity index (χ4n) is 2.00. The fraction of sp³-hybridized carbons (Fsp3) is 0.222. The molecular weight excluding hydrogens is 312 g/mol. The number of ether oxygens (including phenoxy) is 2. The highest BCUT2D eigenvalue weighted by Crippen LogP contribution is 2.16. The van der Waals surface area contributed by atoms with E-state index in [4.69, 9.17) is 19.7 Å². The Morgan fingerprint density at radius 2 is 1.33 bits per heavy atom. The Labute approximate surface area is 139 Å². The van der Waals surface area contributed by atoms with E-state index < -0.39 is 11.9 Å². The zero-order valence-corrected chi connectivity index (χ0v) is 13.1. The van der Waals surface area contributed by atoms with Crippen LogP contribution >= 0.6 is 0 Å². The fourth-order valence-corrected chi connectivity index (χ4v) is 2.00. The largest absolute Gasteiger partial charge is 0.493 e. The molecule has 0 radical (unpaired) electrons. The summed E-state index contributed by atoms with van der Waals surface area (Å²) in [6.45, 7) is 2.31. The number of hydrogen-bond donors (Lipinski definition) is 2. The third-order valence-electron chi connectivity index (χ3n) is 3.33. The monoisotopic (exact) mass is 330 g/mol. The van der Waals surface area contributed by atoms with Crippen molar-refractivity contribution >= 4 is 11.9 Å². The van der Waals surface area contributed by atoms with Crippen LogP contribution in [0, 0.1) is 0 Å². The Kier molecular flexibility index (Phi) is 5.78. The maximum absolute atomic E-state index is 10.8. The van der Waals surface area contributed by atoms with Crippen molar-refractivity contribution in [3.63, 3.8) is 0 Å². The molecule has 0 aliphatic heterocycles. The summed E-state index contributed by atoms with van der Waals surface area (Å²) in [6, 6.07) is 12.4. The third-order valence-corrected chi connectivity index (χ3v) is 3.33. The summed E-state index contributed by atoms with van der Waals surface area (Å²) in [7, 11) is 0. The van der Waals surface area contributed by atoms with Crippen molar-refractivity contribution in [2.45, 2.75) is 19.4 Å². The molecule has 0 unspecified atom stereocenters.